The molecule has 1 aliphatic heterocycles. The molecule has 0 aromatic heterocycles. The van der Waals surface area contributed by atoms with E-state index in [-0.39, 0.29) is 11.8 Å². The quantitative estimate of drug-likeness (QED) is 0.173. The van der Waals surface area contributed by atoms with Crippen LogP contribution in [0.4, 0.5) is 0 Å². The van der Waals surface area contributed by atoms with E-state index < -0.39 is 0 Å². The van der Waals surface area contributed by atoms with Gasteiger partial charge in [-0.3, -0.25) is 0 Å². The van der Waals surface area contributed by atoms with Gasteiger partial charge in [0.15, 0.2) is 5.76 Å². The molecule has 32 heavy (non-hydrogen) atoms. The fourth-order valence-electron chi connectivity index (χ4n) is 3.16. The van der Waals surface area contributed by atoms with Gasteiger partial charge in [-0.15, -0.1) is 0 Å². The molecule has 0 aliphatic carbocycles. The van der Waals surface area contributed by atoms with E-state index in [0.717, 1.165) is 43.4 Å². The van der Waals surface area contributed by atoms with Crippen LogP contribution in [0.3, 0.4) is 0 Å². The highest BCUT2D eigenvalue weighted by Gasteiger charge is 2.22. The molecule has 1 aliphatic rings. The van der Waals surface area contributed by atoms with Gasteiger partial charge in [-0.05, 0) is 64.1 Å². The molecule has 0 radical (unpaired) electrons. The third kappa shape index (κ3) is 12.7. The van der Waals surface area contributed by atoms with Crippen LogP contribution >= 0.6 is 0 Å². The summed E-state index contributed by atoms with van der Waals surface area (Å²) in [7, 11) is 0. The first-order valence-electron chi connectivity index (χ1n) is 12.2. The van der Waals surface area contributed by atoms with Gasteiger partial charge in [0.25, 0.3) is 0 Å². The Morgan fingerprint density at radius 2 is 1.97 bits per heavy atom. The van der Waals surface area contributed by atoms with Crippen molar-refractivity contribution in [2.24, 2.45) is 5.73 Å². The van der Waals surface area contributed by atoms with Gasteiger partial charge in [-0.2, -0.15) is 0 Å². The molecule has 5 N–H and O–H groups in total. The van der Waals surface area contributed by atoms with Gasteiger partial charge < -0.3 is 31.0 Å². The minimum absolute atomic E-state index is 0.0916. The van der Waals surface area contributed by atoms with Gasteiger partial charge in [-0.1, -0.05) is 52.8 Å². The van der Waals surface area contributed by atoms with Crippen LogP contribution in [0.25, 0.3) is 0 Å². The number of aldehydes is 1. The molecule has 1 saturated heterocycles. The van der Waals surface area contributed by atoms with Crippen molar-refractivity contribution in [2.75, 3.05) is 19.7 Å². The number of nitrogens with two attached hydrogens (primary N) is 1. The number of aliphatic hydroxyl groups is 1. The summed E-state index contributed by atoms with van der Waals surface area (Å²) in [6, 6.07) is 0.0166. The smallest absolute Gasteiger partial charge is 0.156 e. The zero-order valence-electron chi connectivity index (χ0n) is 21.6. The van der Waals surface area contributed by atoms with Gasteiger partial charge in [0.1, 0.15) is 18.7 Å². The molecule has 2 unspecified atom stereocenters. The van der Waals surface area contributed by atoms with Crippen molar-refractivity contribution in [3.8, 4) is 0 Å². The fraction of sp³-hybridized carbons (Fsp3) is 0.654. The molecule has 0 bridgehead atoms. The van der Waals surface area contributed by atoms with Gasteiger partial charge in [0.05, 0.1) is 6.04 Å². The average molecular weight is 452 g/mol. The molecule has 0 aromatic rings. The predicted octanol–water partition coefficient (Wildman–Crippen LogP) is 5.29. The number of allylic oxidation sites excluding steroid dienone is 5. The van der Waals surface area contributed by atoms with Crippen molar-refractivity contribution in [3.63, 3.8) is 0 Å². The third-order valence-electron chi connectivity index (χ3n) is 4.96. The first kappa shape index (κ1) is 32.1. The van der Waals surface area contributed by atoms with Crippen molar-refractivity contribution in [1.82, 2.24) is 10.6 Å². The van der Waals surface area contributed by atoms with Gasteiger partial charge >= 0.3 is 0 Å². The third-order valence-corrected chi connectivity index (χ3v) is 4.96. The SMILES string of the molecule is C=C/C(=C\C(OCCN)=C(/C)O)CCC(C=O)N/C(=C(/C)CC)C1CCCN1.CC.CC. The maximum absolute atomic E-state index is 11.7. The van der Waals surface area contributed by atoms with Crippen LogP contribution < -0.4 is 16.4 Å². The molecule has 6 nitrogen and oxygen atoms in total. The molecular formula is C26H49N3O3. The minimum atomic E-state index is -0.283. The summed E-state index contributed by atoms with van der Waals surface area (Å²) < 4.78 is 5.48. The fourth-order valence-corrected chi connectivity index (χ4v) is 3.16. The standard InChI is InChI=1S/C22H37N3O3.2C2H6/c1-5-16(3)22(20-8-7-12-24-20)25-19(15-26)10-9-18(6-2)14-21(17(4)27)28-13-11-23;2*1-2/h6,14-15,19-20,24-25,27H,2,5,7-13,23H2,1,3-4H3;2*1-2H3/b18-14+,21-17-,22-16-;;. The molecule has 0 saturated carbocycles. The van der Waals surface area contributed by atoms with Crippen molar-refractivity contribution < 1.29 is 14.6 Å². The van der Waals surface area contributed by atoms with Crippen LogP contribution in [-0.4, -0.2) is 43.2 Å². The molecular weight excluding hydrogens is 402 g/mol. The number of hydrogen-bond donors (Lipinski definition) is 4. The highest BCUT2D eigenvalue weighted by molar-refractivity contribution is 5.58. The van der Waals surface area contributed by atoms with E-state index in [2.05, 4.69) is 31.1 Å². The summed E-state index contributed by atoms with van der Waals surface area (Å²) in [5.41, 5.74) is 8.79. The molecule has 186 valence electrons. The molecule has 0 amide bonds. The average Bonchev–Trinajstić information content (AvgIpc) is 3.37. The number of hydrogen-bond acceptors (Lipinski definition) is 6. The van der Waals surface area contributed by atoms with Crippen molar-refractivity contribution in [3.05, 3.63) is 47.1 Å². The Balaban J connectivity index is 0. The van der Waals surface area contributed by atoms with Crippen molar-refractivity contribution in [1.29, 1.82) is 0 Å². The predicted molar refractivity (Wildman–Crippen MR) is 138 cm³/mol. The first-order chi connectivity index (χ1) is 15.5. The van der Waals surface area contributed by atoms with Crippen LogP contribution in [-0.2, 0) is 9.53 Å². The van der Waals surface area contributed by atoms with E-state index >= 15 is 0 Å². The van der Waals surface area contributed by atoms with Crippen LogP contribution in [0.15, 0.2) is 47.1 Å². The molecule has 6 heteroatoms. The lowest BCUT2D eigenvalue weighted by molar-refractivity contribution is -0.109. The zero-order valence-corrected chi connectivity index (χ0v) is 21.6. The van der Waals surface area contributed by atoms with Crippen LogP contribution in [0.2, 0.25) is 0 Å². The highest BCUT2D eigenvalue weighted by atomic mass is 16.5. The van der Waals surface area contributed by atoms with Crippen LogP contribution in [0.5, 0.6) is 0 Å². The number of rotatable bonds is 13. The Morgan fingerprint density at radius 1 is 1.31 bits per heavy atom. The summed E-state index contributed by atoms with van der Waals surface area (Å²) in [6.07, 6.45) is 8.91. The maximum Gasteiger partial charge on any atom is 0.156 e. The summed E-state index contributed by atoms with van der Waals surface area (Å²) in [6.45, 7) is 19.4. The summed E-state index contributed by atoms with van der Waals surface area (Å²) in [5, 5.41) is 16.8. The highest BCUT2D eigenvalue weighted by Crippen LogP contribution is 2.20. The number of aliphatic hydroxyl groups excluding tert-OH is 1. The Labute approximate surface area is 197 Å². The normalized spacial score (nSPS) is 18.0. The zero-order chi connectivity index (χ0) is 24.9. The molecule has 0 aromatic carbocycles. The molecule has 0 spiro atoms. The van der Waals surface area contributed by atoms with Gasteiger partial charge in [-0.25, -0.2) is 0 Å². The second-order valence-electron chi connectivity index (χ2n) is 7.13. The Bertz CT molecular complexity index is 599. The number of carbonyl (C=O) groups excluding carboxylic acids is 1. The summed E-state index contributed by atoms with van der Waals surface area (Å²) >= 11 is 0. The Hall–Kier alpha value is -2.05. The monoisotopic (exact) mass is 451 g/mol. The van der Waals surface area contributed by atoms with Crippen molar-refractivity contribution >= 4 is 6.29 Å². The van der Waals surface area contributed by atoms with E-state index in [1.54, 1.807) is 19.1 Å². The topological polar surface area (TPSA) is 96.6 Å². The van der Waals surface area contributed by atoms with E-state index in [1.807, 2.05) is 27.7 Å². The maximum atomic E-state index is 11.7. The Morgan fingerprint density at radius 3 is 2.41 bits per heavy atom. The lowest BCUT2D eigenvalue weighted by Crippen LogP contribution is -2.39. The lowest BCUT2D eigenvalue weighted by Gasteiger charge is -2.24. The minimum Gasteiger partial charge on any atom is -0.509 e. The van der Waals surface area contributed by atoms with E-state index in [9.17, 15) is 9.90 Å². The van der Waals surface area contributed by atoms with Gasteiger partial charge in [0, 0.05) is 18.3 Å². The largest absolute Gasteiger partial charge is 0.509 e. The second-order valence-corrected chi connectivity index (χ2v) is 7.13. The lowest BCUT2D eigenvalue weighted by atomic mass is 10.0. The van der Waals surface area contributed by atoms with Crippen molar-refractivity contribution in [2.45, 2.75) is 92.7 Å². The number of ether oxygens (including phenoxy) is 1. The van der Waals surface area contributed by atoms with E-state index in [4.69, 9.17) is 10.5 Å². The second kappa shape index (κ2) is 20.8. The van der Waals surface area contributed by atoms with E-state index in [0.29, 0.717) is 37.8 Å². The Kier molecular flexibility index (Phi) is 20.9. The molecule has 1 heterocycles. The van der Waals surface area contributed by atoms with Crippen LogP contribution in [0.1, 0.15) is 80.6 Å². The molecule has 1 fully saturated rings. The number of carbonyl (C=O) groups is 1. The summed E-state index contributed by atoms with van der Waals surface area (Å²) in [4.78, 5) is 11.7. The number of nitrogens with one attached hydrogen (secondary N) is 2. The first-order valence-corrected chi connectivity index (χ1v) is 12.2. The van der Waals surface area contributed by atoms with E-state index in [1.165, 1.54) is 5.57 Å². The molecule has 1 rings (SSSR count). The molecule has 2 atom stereocenters. The summed E-state index contributed by atoms with van der Waals surface area (Å²) in [5.74, 6) is 0.475. The van der Waals surface area contributed by atoms with Gasteiger partial charge in [0.2, 0.25) is 0 Å². The van der Waals surface area contributed by atoms with Crippen LogP contribution in [0, 0.1) is 0 Å².